The molecule has 1 aromatic heterocycles. The fourth-order valence-corrected chi connectivity index (χ4v) is 1.63. The molecule has 73 valence electrons. The molecule has 0 saturated carbocycles. The summed E-state index contributed by atoms with van der Waals surface area (Å²) in [6, 6.07) is 4.03. The van der Waals surface area contributed by atoms with Crippen molar-refractivity contribution in [1.29, 1.82) is 0 Å². The van der Waals surface area contributed by atoms with Gasteiger partial charge in [-0.05, 0) is 37.5 Å². The molecule has 0 spiro atoms. The predicted octanol–water partition coefficient (Wildman–Crippen LogP) is 2.42. The number of rotatable bonds is 2. The Hall–Kier alpha value is -1.51. The quantitative estimate of drug-likeness (QED) is 0.711. The van der Waals surface area contributed by atoms with Crippen LogP contribution in [0.25, 0.3) is 10.9 Å². The Morgan fingerprint density at radius 3 is 3.00 bits per heavy atom. The molecular formula is C11H14N3. The van der Waals surface area contributed by atoms with Gasteiger partial charge in [-0.25, -0.2) is 0 Å². The van der Waals surface area contributed by atoms with E-state index in [1.807, 2.05) is 13.0 Å². The highest BCUT2D eigenvalue weighted by molar-refractivity contribution is 5.86. The van der Waals surface area contributed by atoms with E-state index in [1.165, 1.54) is 0 Å². The van der Waals surface area contributed by atoms with Crippen molar-refractivity contribution < 1.29 is 0 Å². The van der Waals surface area contributed by atoms with Crippen molar-refractivity contribution in [3.05, 3.63) is 29.8 Å². The summed E-state index contributed by atoms with van der Waals surface area (Å²) in [5.41, 5.74) is 9.84. The molecule has 0 amide bonds. The average molecular weight is 188 g/mol. The Kier molecular flexibility index (Phi) is 2.15. The van der Waals surface area contributed by atoms with Crippen LogP contribution >= 0.6 is 0 Å². The average Bonchev–Trinajstić information content (AvgIpc) is 2.49. The van der Waals surface area contributed by atoms with Gasteiger partial charge in [-0.15, -0.1) is 0 Å². The Labute approximate surface area is 83.3 Å². The molecular weight excluding hydrogens is 174 g/mol. The van der Waals surface area contributed by atoms with Crippen LogP contribution in [-0.4, -0.2) is 10.2 Å². The topological polar surface area (TPSA) is 54.7 Å². The molecule has 3 nitrogen and oxygen atoms in total. The molecule has 1 aromatic carbocycles. The molecule has 14 heavy (non-hydrogen) atoms. The lowest BCUT2D eigenvalue weighted by molar-refractivity contribution is 1.07. The normalized spacial score (nSPS) is 11.0. The Bertz CT molecular complexity index is 457. The van der Waals surface area contributed by atoms with E-state index in [-0.39, 0.29) is 0 Å². The smallest absolute Gasteiger partial charge is 0.0673 e. The number of H-pyrrole nitrogens is 1. The van der Waals surface area contributed by atoms with E-state index >= 15 is 0 Å². The van der Waals surface area contributed by atoms with Crippen LogP contribution in [0.2, 0.25) is 0 Å². The van der Waals surface area contributed by atoms with Crippen LogP contribution in [-0.2, 0) is 0 Å². The van der Waals surface area contributed by atoms with Gasteiger partial charge in [0.25, 0.3) is 0 Å². The summed E-state index contributed by atoms with van der Waals surface area (Å²) >= 11 is 0. The first kappa shape index (κ1) is 9.06. The van der Waals surface area contributed by atoms with Crippen molar-refractivity contribution in [1.82, 2.24) is 10.2 Å². The standard InChI is InChI=1S/C11H14N3/c1-3-4-8-5-9-7(2)13-14-11(9)6-10(8)12/h4-6H,3,12H2,1-2H3,(H,13,14). The minimum absolute atomic E-state index is 0.808. The number of aromatic nitrogens is 2. The third-order valence-corrected chi connectivity index (χ3v) is 2.38. The van der Waals surface area contributed by atoms with E-state index in [4.69, 9.17) is 5.73 Å². The molecule has 0 fully saturated rings. The summed E-state index contributed by atoms with van der Waals surface area (Å²) in [6.07, 6.45) is 3.12. The number of anilines is 1. The molecule has 1 heterocycles. The van der Waals surface area contributed by atoms with Crippen LogP contribution in [0.3, 0.4) is 0 Å². The van der Waals surface area contributed by atoms with Crippen molar-refractivity contribution in [2.45, 2.75) is 20.3 Å². The van der Waals surface area contributed by atoms with Crippen LogP contribution in [0, 0.1) is 13.3 Å². The van der Waals surface area contributed by atoms with E-state index in [0.717, 1.165) is 34.3 Å². The summed E-state index contributed by atoms with van der Waals surface area (Å²) in [5, 5.41) is 8.25. The van der Waals surface area contributed by atoms with E-state index in [0.29, 0.717) is 0 Å². The van der Waals surface area contributed by atoms with Crippen molar-refractivity contribution in [3.63, 3.8) is 0 Å². The molecule has 1 radical (unpaired) electrons. The van der Waals surface area contributed by atoms with Crippen LogP contribution in [0.15, 0.2) is 12.1 Å². The van der Waals surface area contributed by atoms with Gasteiger partial charge in [-0.3, -0.25) is 5.10 Å². The largest absolute Gasteiger partial charge is 0.398 e. The number of nitrogens with one attached hydrogen (secondary N) is 1. The molecule has 0 aliphatic carbocycles. The van der Waals surface area contributed by atoms with Gasteiger partial charge in [0.1, 0.15) is 0 Å². The number of hydrogen-bond donors (Lipinski definition) is 2. The maximum absolute atomic E-state index is 5.90. The zero-order valence-electron chi connectivity index (χ0n) is 8.46. The molecule has 0 atom stereocenters. The van der Waals surface area contributed by atoms with Gasteiger partial charge in [0.15, 0.2) is 0 Å². The molecule has 0 aliphatic rings. The first-order chi connectivity index (χ1) is 6.72. The number of benzene rings is 1. The van der Waals surface area contributed by atoms with Crippen LogP contribution < -0.4 is 5.73 Å². The second-order valence-corrected chi connectivity index (χ2v) is 3.45. The molecule has 0 unspecified atom stereocenters. The van der Waals surface area contributed by atoms with Crippen LogP contribution in [0.4, 0.5) is 5.69 Å². The van der Waals surface area contributed by atoms with E-state index in [1.54, 1.807) is 0 Å². The third-order valence-electron chi connectivity index (χ3n) is 2.38. The number of nitrogens with zero attached hydrogens (tertiary/aromatic N) is 1. The van der Waals surface area contributed by atoms with Crippen LogP contribution in [0.5, 0.6) is 0 Å². The lowest BCUT2D eigenvalue weighted by Gasteiger charge is -2.03. The van der Waals surface area contributed by atoms with Crippen molar-refractivity contribution in [3.8, 4) is 0 Å². The van der Waals surface area contributed by atoms with Gasteiger partial charge in [0.05, 0.1) is 11.2 Å². The molecule has 2 aromatic rings. The minimum atomic E-state index is 0.808. The van der Waals surface area contributed by atoms with Gasteiger partial charge in [0.2, 0.25) is 0 Å². The minimum Gasteiger partial charge on any atom is -0.398 e. The van der Waals surface area contributed by atoms with Crippen molar-refractivity contribution in [2.24, 2.45) is 0 Å². The second-order valence-electron chi connectivity index (χ2n) is 3.45. The van der Waals surface area contributed by atoms with Crippen molar-refractivity contribution in [2.75, 3.05) is 5.73 Å². The summed E-state index contributed by atoms with van der Waals surface area (Å²) in [6.45, 7) is 4.09. The molecule has 3 N–H and O–H groups in total. The van der Waals surface area contributed by atoms with Crippen molar-refractivity contribution >= 4 is 16.6 Å². The zero-order chi connectivity index (χ0) is 10.1. The second kappa shape index (κ2) is 3.33. The fourth-order valence-electron chi connectivity index (χ4n) is 1.63. The summed E-state index contributed by atoms with van der Waals surface area (Å²) in [5.74, 6) is 0. The lowest BCUT2D eigenvalue weighted by Crippen LogP contribution is -1.92. The Morgan fingerprint density at radius 1 is 1.50 bits per heavy atom. The lowest BCUT2D eigenvalue weighted by atomic mass is 10.0. The molecule has 0 saturated heterocycles. The molecule has 2 rings (SSSR count). The SMILES string of the molecule is CC[CH]c1cc2c(C)n[nH]c2cc1N. The first-order valence-electron chi connectivity index (χ1n) is 4.79. The first-order valence-corrected chi connectivity index (χ1v) is 4.79. The van der Waals surface area contributed by atoms with Gasteiger partial charge in [0, 0.05) is 11.1 Å². The number of hydrogen-bond acceptors (Lipinski definition) is 2. The fraction of sp³-hybridized carbons (Fsp3) is 0.273. The van der Waals surface area contributed by atoms with E-state index in [2.05, 4.69) is 29.6 Å². The number of nitrogen functional groups attached to an aromatic ring is 1. The maximum atomic E-state index is 5.90. The Morgan fingerprint density at radius 2 is 2.29 bits per heavy atom. The number of nitrogens with two attached hydrogens (primary N) is 1. The van der Waals surface area contributed by atoms with Crippen LogP contribution in [0.1, 0.15) is 24.6 Å². The predicted molar refractivity (Wildman–Crippen MR) is 58.9 cm³/mol. The van der Waals surface area contributed by atoms with Gasteiger partial charge < -0.3 is 5.73 Å². The van der Waals surface area contributed by atoms with Gasteiger partial charge in [-0.1, -0.05) is 6.92 Å². The molecule has 0 bridgehead atoms. The highest BCUT2D eigenvalue weighted by atomic mass is 15.1. The number of aromatic amines is 1. The maximum Gasteiger partial charge on any atom is 0.0673 e. The van der Waals surface area contributed by atoms with Gasteiger partial charge >= 0.3 is 0 Å². The zero-order valence-corrected chi connectivity index (χ0v) is 8.46. The number of fused-ring (bicyclic) bond motifs is 1. The monoisotopic (exact) mass is 188 g/mol. The Balaban J connectivity index is 2.61. The molecule has 3 heteroatoms. The number of aryl methyl sites for hydroxylation is 1. The third kappa shape index (κ3) is 1.35. The summed E-state index contributed by atoms with van der Waals surface area (Å²) in [4.78, 5) is 0. The summed E-state index contributed by atoms with van der Waals surface area (Å²) in [7, 11) is 0. The van der Waals surface area contributed by atoms with E-state index < -0.39 is 0 Å². The molecule has 0 aliphatic heterocycles. The van der Waals surface area contributed by atoms with Gasteiger partial charge in [-0.2, -0.15) is 5.10 Å². The highest BCUT2D eigenvalue weighted by Crippen LogP contribution is 2.24. The summed E-state index contributed by atoms with van der Waals surface area (Å²) < 4.78 is 0. The highest BCUT2D eigenvalue weighted by Gasteiger charge is 2.05. The van der Waals surface area contributed by atoms with E-state index in [9.17, 15) is 0 Å².